The van der Waals surface area contributed by atoms with Crippen LogP contribution in [0.15, 0.2) is 0 Å². The Morgan fingerprint density at radius 2 is 1.69 bits per heavy atom. The standard InChI is InChI=1S/C11H21NO/c1-12-11-5-8-2-9(6-11)4-10(3-8)7-13/h8-13H,2-7H2,1H3. The summed E-state index contributed by atoms with van der Waals surface area (Å²) in [6.07, 6.45) is 6.64. The maximum atomic E-state index is 9.15. The third kappa shape index (κ3) is 2.05. The Morgan fingerprint density at radius 3 is 2.15 bits per heavy atom. The van der Waals surface area contributed by atoms with Crippen molar-refractivity contribution in [2.75, 3.05) is 13.7 Å². The molecule has 2 fully saturated rings. The molecule has 2 bridgehead atoms. The highest BCUT2D eigenvalue weighted by Crippen LogP contribution is 2.42. The van der Waals surface area contributed by atoms with Crippen LogP contribution in [0, 0.1) is 17.8 Å². The van der Waals surface area contributed by atoms with Gasteiger partial charge in [0.2, 0.25) is 0 Å². The average molecular weight is 183 g/mol. The van der Waals surface area contributed by atoms with E-state index in [-0.39, 0.29) is 0 Å². The molecule has 2 aliphatic carbocycles. The molecule has 0 aromatic carbocycles. The van der Waals surface area contributed by atoms with Gasteiger partial charge < -0.3 is 10.4 Å². The van der Waals surface area contributed by atoms with E-state index in [1.165, 1.54) is 32.1 Å². The van der Waals surface area contributed by atoms with Gasteiger partial charge in [-0.15, -0.1) is 0 Å². The van der Waals surface area contributed by atoms with Crippen LogP contribution in [0.2, 0.25) is 0 Å². The molecule has 0 spiro atoms. The van der Waals surface area contributed by atoms with Gasteiger partial charge in [-0.25, -0.2) is 0 Å². The Labute approximate surface area is 80.7 Å². The van der Waals surface area contributed by atoms with Gasteiger partial charge in [0.25, 0.3) is 0 Å². The van der Waals surface area contributed by atoms with Gasteiger partial charge in [0.15, 0.2) is 0 Å². The van der Waals surface area contributed by atoms with E-state index in [9.17, 15) is 0 Å². The summed E-state index contributed by atoms with van der Waals surface area (Å²) >= 11 is 0. The van der Waals surface area contributed by atoms with Crippen LogP contribution in [0.3, 0.4) is 0 Å². The summed E-state index contributed by atoms with van der Waals surface area (Å²) in [7, 11) is 2.08. The number of aliphatic hydroxyl groups excluding tert-OH is 1. The second-order valence-corrected chi connectivity index (χ2v) is 4.94. The van der Waals surface area contributed by atoms with Crippen LogP contribution in [0.4, 0.5) is 0 Å². The van der Waals surface area contributed by atoms with Crippen LogP contribution >= 0.6 is 0 Å². The highest BCUT2D eigenvalue weighted by molar-refractivity contribution is 4.88. The number of aliphatic hydroxyl groups is 1. The molecule has 2 unspecified atom stereocenters. The molecule has 2 saturated carbocycles. The van der Waals surface area contributed by atoms with Gasteiger partial charge in [-0.3, -0.25) is 0 Å². The molecule has 0 saturated heterocycles. The van der Waals surface area contributed by atoms with Crippen molar-refractivity contribution >= 4 is 0 Å². The van der Waals surface area contributed by atoms with Crippen molar-refractivity contribution in [2.45, 2.75) is 38.1 Å². The predicted octanol–water partition coefficient (Wildman–Crippen LogP) is 1.39. The van der Waals surface area contributed by atoms with E-state index in [0.717, 1.165) is 17.9 Å². The number of hydrogen-bond donors (Lipinski definition) is 2. The Balaban J connectivity index is 1.93. The maximum Gasteiger partial charge on any atom is 0.0459 e. The minimum absolute atomic E-state index is 0.414. The van der Waals surface area contributed by atoms with E-state index < -0.39 is 0 Å². The molecule has 0 aromatic rings. The third-order valence-corrected chi connectivity index (χ3v) is 3.90. The van der Waals surface area contributed by atoms with Crippen molar-refractivity contribution in [2.24, 2.45) is 17.8 Å². The van der Waals surface area contributed by atoms with Crippen molar-refractivity contribution < 1.29 is 5.11 Å². The highest BCUT2D eigenvalue weighted by atomic mass is 16.3. The smallest absolute Gasteiger partial charge is 0.0459 e. The fraction of sp³-hybridized carbons (Fsp3) is 1.00. The molecule has 0 aliphatic heterocycles. The molecule has 2 nitrogen and oxygen atoms in total. The van der Waals surface area contributed by atoms with Crippen molar-refractivity contribution in [3.05, 3.63) is 0 Å². The normalized spacial score (nSPS) is 44.8. The molecule has 0 amide bonds. The van der Waals surface area contributed by atoms with Gasteiger partial charge >= 0.3 is 0 Å². The third-order valence-electron chi connectivity index (χ3n) is 3.90. The SMILES string of the molecule is CNC1CC2CC(CO)CC(C2)C1. The monoisotopic (exact) mass is 183 g/mol. The summed E-state index contributed by atoms with van der Waals surface area (Å²) < 4.78 is 0. The van der Waals surface area contributed by atoms with Gasteiger partial charge in [-0.1, -0.05) is 0 Å². The van der Waals surface area contributed by atoms with E-state index in [1.54, 1.807) is 0 Å². The largest absolute Gasteiger partial charge is 0.396 e. The Kier molecular flexibility index (Phi) is 2.89. The lowest BCUT2D eigenvalue weighted by Gasteiger charge is -2.42. The van der Waals surface area contributed by atoms with Crippen molar-refractivity contribution in [3.8, 4) is 0 Å². The molecule has 0 radical (unpaired) electrons. The van der Waals surface area contributed by atoms with Crippen molar-refractivity contribution in [1.82, 2.24) is 5.32 Å². The minimum Gasteiger partial charge on any atom is -0.396 e. The molecule has 0 heterocycles. The average Bonchev–Trinajstić information content (AvgIpc) is 2.16. The molecule has 2 N–H and O–H groups in total. The molecular formula is C11H21NO. The first kappa shape index (κ1) is 9.47. The lowest BCUT2D eigenvalue weighted by molar-refractivity contribution is 0.0786. The lowest BCUT2D eigenvalue weighted by atomic mass is 9.67. The Hall–Kier alpha value is -0.0800. The van der Waals surface area contributed by atoms with Gasteiger partial charge in [0, 0.05) is 12.6 Å². The second kappa shape index (κ2) is 3.97. The Bertz CT molecular complexity index is 141. The van der Waals surface area contributed by atoms with Crippen LogP contribution in [0.25, 0.3) is 0 Å². The highest BCUT2D eigenvalue weighted by Gasteiger charge is 2.34. The number of fused-ring (bicyclic) bond motifs is 2. The summed E-state index contributed by atoms with van der Waals surface area (Å²) in [6, 6.07) is 0.753. The molecule has 2 atom stereocenters. The minimum atomic E-state index is 0.414. The molecule has 13 heavy (non-hydrogen) atoms. The molecule has 0 aromatic heterocycles. The molecular weight excluding hydrogens is 162 g/mol. The van der Waals surface area contributed by atoms with Crippen LogP contribution in [0.5, 0.6) is 0 Å². The number of hydrogen-bond acceptors (Lipinski definition) is 2. The van der Waals surface area contributed by atoms with Crippen LogP contribution < -0.4 is 5.32 Å². The lowest BCUT2D eigenvalue weighted by Crippen LogP contribution is -2.40. The van der Waals surface area contributed by atoms with Gasteiger partial charge in [0.05, 0.1) is 0 Å². The molecule has 2 aliphatic rings. The predicted molar refractivity (Wildman–Crippen MR) is 53.5 cm³/mol. The van der Waals surface area contributed by atoms with Crippen molar-refractivity contribution in [1.29, 1.82) is 0 Å². The summed E-state index contributed by atoms with van der Waals surface area (Å²) in [5, 5.41) is 12.6. The first-order valence-electron chi connectivity index (χ1n) is 5.60. The van der Waals surface area contributed by atoms with Crippen LogP contribution in [-0.4, -0.2) is 24.8 Å². The molecule has 76 valence electrons. The van der Waals surface area contributed by atoms with E-state index in [0.29, 0.717) is 12.5 Å². The van der Waals surface area contributed by atoms with Gasteiger partial charge in [-0.2, -0.15) is 0 Å². The van der Waals surface area contributed by atoms with E-state index in [2.05, 4.69) is 12.4 Å². The zero-order valence-electron chi connectivity index (χ0n) is 8.50. The summed E-state index contributed by atoms with van der Waals surface area (Å²) in [5.41, 5.74) is 0. The van der Waals surface area contributed by atoms with Crippen LogP contribution in [-0.2, 0) is 0 Å². The first-order valence-corrected chi connectivity index (χ1v) is 5.60. The number of rotatable bonds is 2. The first-order chi connectivity index (χ1) is 6.31. The fourth-order valence-electron chi connectivity index (χ4n) is 3.37. The molecule has 2 rings (SSSR count). The summed E-state index contributed by atoms with van der Waals surface area (Å²) in [4.78, 5) is 0. The molecule has 2 heteroatoms. The summed E-state index contributed by atoms with van der Waals surface area (Å²) in [5.74, 6) is 2.39. The zero-order valence-corrected chi connectivity index (χ0v) is 8.50. The Morgan fingerprint density at radius 1 is 1.08 bits per heavy atom. The maximum absolute atomic E-state index is 9.15. The fourth-order valence-corrected chi connectivity index (χ4v) is 3.37. The van der Waals surface area contributed by atoms with E-state index in [4.69, 9.17) is 5.11 Å². The topological polar surface area (TPSA) is 32.3 Å². The second-order valence-electron chi connectivity index (χ2n) is 4.94. The summed E-state index contributed by atoms with van der Waals surface area (Å²) in [6.45, 7) is 0.414. The van der Waals surface area contributed by atoms with Gasteiger partial charge in [0.1, 0.15) is 0 Å². The van der Waals surface area contributed by atoms with E-state index >= 15 is 0 Å². The zero-order chi connectivity index (χ0) is 9.26. The van der Waals surface area contributed by atoms with Crippen LogP contribution in [0.1, 0.15) is 32.1 Å². The van der Waals surface area contributed by atoms with Crippen molar-refractivity contribution in [3.63, 3.8) is 0 Å². The van der Waals surface area contributed by atoms with E-state index in [1.807, 2.05) is 0 Å². The van der Waals surface area contributed by atoms with Gasteiger partial charge in [-0.05, 0) is 56.9 Å². The number of nitrogens with one attached hydrogen (secondary N) is 1. The quantitative estimate of drug-likeness (QED) is 0.678.